The predicted molar refractivity (Wildman–Crippen MR) is 90.3 cm³/mol. The fourth-order valence-electron chi connectivity index (χ4n) is 2.18. The maximum atomic E-state index is 12.6. The SMILES string of the molecule is Cc1cc(NC(=O)c2cccnc2)nn1C(=O)c1ccccc1Cl. The van der Waals surface area contributed by atoms with Crippen LogP contribution in [0.15, 0.2) is 54.9 Å². The Kier molecular flexibility index (Phi) is 4.39. The number of aromatic nitrogens is 3. The molecule has 0 aliphatic rings. The standard InChI is InChI=1S/C17H13ClN4O2/c1-11-9-15(20-16(23)12-5-4-8-19-10-12)21-22(11)17(24)13-6-2-3-7-14(13)18/h2-10H,1H3,(H,20,21,23). The van der Waals surface area contributed by atoms with Gasteiger partial charge < -0.3 is 5.32 Å². The van der Waals surface area contributed by atoms with Gasteiger partial charge in [0, 0.05) is 24.2 Å². The summed E-state index contributed by atoms with van der Waals surface area (Å²) < 4.78 is 1.21. The number of benzene rings is 1. The van der Waals surface area contributed by atoms with Gasteiger partial charge in [-0.05, 0) is 31.2 Å². The van der Waals surface area contributed by atoms with E-state index >= 15 is 0 Å². The molecule has 7 heteroatoms. The second kappa shape index (κ2) is 6.64. The zero-order valence-electron chi connectivity index (χ0n) is 12.7. The minimum atomic E-state index is -0.361. The van der Waals surface area contributed by atoms with E-state index in [0.717, 1.165) is 0 Å². The Labute approximate surface area is 143 Å². The molecule has 0 saturated heterocycles. The Hall–Kier alpha value is -2.99. The summed E-state index contributed by atoms with van der Waals surface area (Å²) in [5.74, 6) is -0.431. The lowest BCUT2D eigenvalue weighted by atomic mass is 10.2. The number of hydrogen-bond donors (Lipinski definition) is 1. The number of aryl methyl sites for hydroxylation is 1. The summed E-state index contributed by atoms with van der Waals surface area (Å²) in [5.41, 5.74) is 1.33. The third-order valence-corrected chi connectivity index (χ3v) is 3.68. The highest BCUT2D eigenvalue weighted by Gasteiger charge is 2.17. The normalized spacial score (nSPS) is 10.4. The molecule has 2 aromatic heterocycles. The van der Waals surface area contributed by atoms with Gasteiger partial charge in [0.15, 0.2) is 5.82 Å². The van der Waals surface area contributed by atoms with Gasteiger partial charge in [0.1, 0.15) is 0 Å². The minimum absolute atomic E-state index is 0.279. The molecule has 2 heterocycles. The van der Waals surface area contributed by atoms with Crippen LogP contribution in [0.5, 0.6) is 0 Å². The molecule has 0 spiro atoms. The Balaban J connectivity index is 1.84. The van der Waals surface area contributed by atoms with E-state index in [2.05, 4.69) is 15.4 Å². The van der Waals surface area contributed by atoms with E-state index in [-0.39, 0.29) is 17.6 Å². The molecule has 0 saturated carbocycles. The number of anilines is 1. The van der Waals surface area contributed by atoms with Gasteiger partial charge in [0.2, 0.25) is 0 Å². The summed E-state index contributed by atoms with van der Waals surface area (Å²) in [5, 5.41) is 7.14. The first-order valence-corrected chi connectivity index (χ1v) is 7.51. The molecule has 3 rings (SSSR count). The molecule has 120 valence electrons. The summed E-state index contributed by atoms with van der Waals surface area (Å²) in [6.45, 7) is 1.72. The van der Waals surface area contributed by atoms with Gasteiger partial charge in [-0.25, -0.2) is 0 Å². The van der Waals surface area contributed by atoms with Crippen molar-refractivity contribution in [1.29, 1.82) is 0 Å². The summed E-state index contributed by atoms with van der Waals surface area (Å²) in [6, 6.07) is 11.7. The van der Waals surface area contributed by atoms with Crippen molar-refractivity contribution < 1.29 is 9.59 Å². The second-order valence-electron chi connectivity index (χ2n) is 5.06. The Morgan fingerprint density at radius 3 is 2.67 bits per heavy atom. The van der Waals surface area contributed by atoms with Crippen molar-refractivity contribution in [2.45, 2.75) is 6.92 Å². The molecule has 3 aromatic rings. The predicted octanol–water partition coefficient (Wildman–Crippen LogP) is 3.18. The largest absolute Gasteiger partial charge is 0.305 e. The summed E-state index contributed by atoms with van der Waals surface area (Å²) >= 11 is 6.05. The van der Waals surface area contributed by atoms with E-state index in [1.54, 1.807) is 55.6 Å². The quantitative estimate of drug-likeness (QED) is 0.794. The molecule has 0 aliphatic heterocycles. The number of halogens is 1. The van der Waals surface area contributed by atoms with Gasteiger partial charge in [-0.15, -0.1) is 5.10 Å². The molecular weight excluding hydrogens is 328 g/mol. The van der Waals surface area contributed by atoms with Crippen LogP contribution in [0.4, 0.5) is 5.82 Å². The molecular formula is C17H13ClN4O2. The molecule has 24 heavy (non-hydrogen) atoms. The van der Waals surface area contributed by atoms with Crippen molar-refractivity contribution in [2.75, 3.05) is 5.32 Å². The van der Waals surface area contributed by atoms with E-state index in [0.29, 0.717) is 21.8 Å². The average molecular weight is 341 g/mol. The first-order chi connectivity index (χ1) is 11.6. The van der Waals surface area contributed by atoms with Gasteiger partial charge in [-0.1, -0.05) is 23.7 Å². The lowest BCUT2D eigenvalue weighted by molar-refractivity contribution is 0.0941. The molecule has 0 aliphatic carbocycles. The van der Waals surface area contributed by atoms with E-state index in [1.165, 1.54) is 10.9 Å². The first-order valence-electron chi connectivity index (χ1n) is 7.13. The maximum Gasteiger partial charge on any atom is 0.279 e. The summed E-state index contributed by atoms with van der Waals surface area (Å²) in [7, 11) is 0. The summed E-state index contributed by atoms with van der Waals surface area (Å²) in [4.78, 5) is 28.6. The number of nitrogens with one attached hydrogen (secondary N) is 1. The van der Waals surface area contributed by atoms with Crippen LogP contribution in [-0.4, -0.2) is 26.6 Å². The molecule has 1 N–H and O–H groups in total. The average Bonchev–Trinajstić information content (AvgIpc) is 2.96. The highest BCUT2D eigenvalue weighted by molar-refractivity contribution is 6.33. The number of carbonyl (C=O) groups is 2. The van der Waals surface area contributed by atoms with E-state index in [4.69, 9.17) is 11.6 Å². The maximum absolute atomic E-state index is 12.6. The molecule has 0 bridgehead atoms. The number of rotatable bonds is 3. The zero-order chi connectivity index (χ0) is 17.1. The van der Waals surface area contributed by atoms with Crippen LogP contribution in [0.25, 0.3) is 0 Å². The number of amides is 1. The van der Waals surface area contributed by atoms with Crippen LogP contribution in [0, 0.1) is 6.92 Å². The topological polar surface area (TPSA) is 76.9 Å². The lowest BCUT2D eigenvalue weighted by Crippen LogP contribution is -2.17. The minimum Gasteiger partial charge on any atom is -0.305 e. The van der Waals surface area contributed by atoms with Crippen LogP contribution in [0.1, 0.15) is 26.4 Å². The van der Waals surface area contributed by atoms with Crippen LogP contribution < -0.4 is 5.32 Å². The molecule has 1 aromatic carbocycles. The van der Waals surface area contributed by atoms with Crippen LogP contribution in [0.2, 0.25) is 5.02 Å². The molecule has 0 fully saturated rings. The van der Waals surface area contributed by atoms with Gasteiger partial charge in [0.05, 0.1) is 16.1 Å². The number of pyridine rings is 1. The Bertz CT molecular complexity index is 906. The van der Waals surface area contributed by atoms with Crippen LogP contribution in [0.3, 0.4) is 0 Å². The smallest absolute Gasteiger partial charge is 0.279 e. The summed E-state index contributed by atoms with van der Waals surface area (Å²) in [6.07, 6.45) is 3.03. The van der Waals surface area contributed by atoms with Gasteiger partial charge in [-0.3, -0.25) is 14.6 Å². The zero-order valence-corrected chi connectivity index (χ0v) is 13.5. The Morgan fingerprint density at radius 2 is 1.96 bits per heavy atom. The molecule has 1 amide bonds. The van der Waals surface area contributed by atoms with E-state index < -0.39 is 0 Å². The molecule has 0 radical (unpaired) electrons. The van der Waals surface area contributed by atoms with Crippen molar-refractivity contribution in [3.8, 4) is 0 Å². The van der Waals surface area contributed by atoms with E-state index in [1.807, 2.05) is 0 Å². The van der Waals surface area contributed by atoms with Crippen molar-refractivity contribution in [1.82, 2.24) is 14.8 Å². The van der Waals surface area contributed by atoms with Crippen molar-refractivity contribution >= 4 is 29.2 Å². The second-order valence-corrected chi connectivity index (χ2v) is 5.47. The molecule has 0 atom stereocenters. The third-order valence-electron chi connectivity index (χ3n) is 3.35. The van der Waals surface area contributed by atoms with Crippen LogP contribution in [-0.2, 0) is 0 Å². The first kappa shape index (κ1) is 15.9. The highest BCUT2D eigenvalue weighted by Crippen LogP contribution is 2.18. The van der Waals surface area contributed by atoms with Gasteiger partial charge >= 0.3 is 0 Å². The number of carbonyl (C=O) groups excluding carboxylic acids is 2. The van der Waals surface area contributed by atoms with Crippen molar-refractivity contribution in [2.24, 2.45) is 0 Å². The fourth-order valence-corrected chi connectivity index (χ4v) is 2.39. The highest BCUT2D eigenvalue weighted by atomic mass is 35.5. The Morgan fingerprint density at radius 1 is 1.17 bits per heavy atom. The van der Waals surface area contributed by atoms with E-state index in [9.17, 15) is 9.59 Å². The van der Waals surface area contributed by atoms with Crippen LogP contribution >= 0.6 is 11.6 Å². The van der Waals surface area contributed by atoms with Gasteiger partial charge in [0.25, 0.3) is 11.8 Å². The monoisotopic (exact) mass is 340 g/mol. The number of nitrogens with zero attached hydrogens (tertiary/aromatic N) is 3. The molecule has 6 nitrogen and oxygen atoms in total. The lowest BCUT2D eigenvalue weighted by Gasteiger charge is -2.05. The fraction of sp³-hybridized carbons (Fsp3) is 0.0588. The number of hydrogen-bond acceptors (Lipinski definition) is 4. The molecule has 0 unspecified atom stereocenters. The van der Waals surface area contributed by atoms with Crippen molar-refractivity contribution in [3.05, 3.63) is 76.7 Å². The van der Waals surface area contributed by atoms with Crippen molar-refractivity contribution in [3.63, 3.8) is 0 Å². The van der Waals surface area contributed by atoms with Gasteiger partial charge in [-0.2, -0.15) is 4.68 Å². The third kappa shape index (κ3) is 3.18.